The van der Waals surface area contributed by atoms with Gasteiger partial charge in [-0.05, 0) is 30.9 Å². The Balaban J connectivity index is 1.91. The fourth-order valence-corrected chi connectivity index (χ4v) is 2.42. The highest BCUT2D eigenvalue weighted by Crippen LogP contribution is 2.26. The summed E-state index contributed by atoms with van der Waals surface area (Å²) in [5.41, 5.74) is 2.45. The molecule has 0 spiro atoms. The molecule has 1 aromatic carbocycles. The van der Waals surface area contributed by atoms with Gasteiger partial charge in [-0.25, -0.2) is 0 Å². The number of hydrogen-bond donors (Lipinski definition) is 2. The molecular formula is C14H17NO3. The zero-order chi connectivity index (χ0) is 13.1. The van der Waals surface area contributed by atoms with E-state index in [-0.39, 0.29) is 24.3 Å². The minimum atomic E-state index is -0.891. The molecule has 0 aliphatic heterocycles. The van der Waals surface area contributed by atoms with Crippen LogP contribution in [-0.4, -0.2) is 23.0 Å². The number of benzene rings is 1. The van der Waals surface area contributed by atoms with Gasteiger partial charge < -0.3 is 10.4 Å². The van der Waals surface area contributed by atoms with Gasteiger partial charge >= 0.3 is 5.97 Å². The van der Waals surface area contributed by atoms with Crippen molar-refractivity contribution in [2.24, 2.45) is 5.92 Å². The molecule has 1 atom stereocenters. The van der Waals surface area contributed by atoms with Crippen molar-refractivity contribution in [2.75, 3.05) is 0 Å². The molecule has 4 heteroatoms. The molecule has 0 aromatic heterocycles. The summed E-state index contributed by atoms with van der Waals surface area (Å²) < 4.78 is 0. The maximum absolute atomic E-state index is 12.0. The van der Waals surface area contributed by atoms with Crippen molar-refractivity contribution in [2.45, 2.75) is 32.2 Å². The number of hydrogen-bond acceptors (Lipinski definition) is 2. The number of fused-ring (bicyclic) bond motifs is 1. The number of carbonyl (C=O) groups is 2. The summed E-state index contributed by atoms with van der Waals surface area (Å²) in [6.45, 7) is 1.72. The second kappa shape index (κ2) is 5.21. The van der Waals surface area contributed by atoms with Crippen LogP contribution < -0.4 is 5.32 Å². The van der Waals surface area contributed by atoms with E-state index in [1.54, 1.807) is 6.92 Å². The van der Waals surface area contributed by atoms with E-state index in [1.807, 2.05) is 24.3 Å². The highest BCUT2D eigenvalue weighted by molar-refractivity contribution is 5.81. The van der Waals surface area contributed by atoms with Gasteiger partial charge in [-0.3, -0.25) is 9.59 Å². The van der Waals surface area contributed by atoms with Crippen LogP contribution in [-0.2, 0) is 22.4 Å². The van der Waals surface area contributed by atoms with Gasteiger partial charge in [-0.15, -0.1) is 0 Å². The van der Waals surface area contributed by atoms with Crippen molar-refractivity contribution >= 4 is 11.9 Å². The molecule has 4 nitrogen and oxygen atoms in total. The lowest BCUT2D eigenvalue weighted by Crippen LogP contribution is -2.38. The Hall–Kier alpha value is -1.84. The average Bonchev–Trinajstić information content (AvgIpc) is 2.71. The van der Waals surface area contributed by atoms with E-state index in [0.717, 1.165) is 12.8 Å². The maximum Gasteiger partial charge on any atom is 0.305 e. The molecular weight excluding hydrogens is 230 g/mol. The molecule has 0 radical (unpaired) electrons. The van der Waals surface area contributed by atoms with Gasteiger partial charge in [0.05, 0.1) is 6.42 Å². The lowest BCUT2D eigenvalue weighted by molar-refractivity contribution is -0.137. The van der Waals surface area contributed by atoms with Crippen molar-refractivity contribution in [3.63, 3.8) is 0 Å². The quantitative estimate of drug-likeness (QED) is 0.844. The largest absolute Gasteiger partial charge is 0.481 e. The van der Waals surface area contributed by atoms with Crippen LogP contribution in [0.3, 0.4) is 0 Å². The van der Waals surface area contributed by atoms with Crippen molar-refractivity contribution < 1.29 is 14.7 Å². The second-order valence-electron chi connectivity index (χ2n) is 4.88. The molecule has 18 heavy (non-hydrogen) atoms. The summed E-state index contributed by atoms with van der Waals surface area (Å²) in [6.07, 6.45) is 1.47. The molecule has 2 N–H and O–H groups in total. The number of rotatable bonds is 4. The molecule has 0 fully saturated rings. The third kappa shape index (κ3) is 2.88. The third-order valence-electron chi connectivity index (χ3n) is 3.29. The monoisotopic (exact) mass is 247 g/mol. The second-order valence-corrected chi connectivity index (χ2v) is 4.88. The van der Waals surface area contributed by atoms with E-state index in [9.17, 15) is 9.59 Å². The molecule has 1 amide bonds. The van der Waals surface area contributed by atoms with Gasteiger partial charge in [0.2, 0.25) is 5.91 Å². The van der Waals surface area contributed by atoms with E-state index in [4.69, 9.17) is 5.11 Å². The van der Waals surface area contributed by atoms with Crippen molar-refractivity contribution in [1.29, 1.82) is 0 Å². The summed E-state index contributed by atoms with van der Waals surface area (Å²) >= 11 is 0. The van der Waals surface area contributed by atoms with E-state index < -0.39 is 5.97 Å². The molecule has 96 valence electrons. The van der Waals surface area contributed by atoms with Gasteiger partial charge in [0.1, 0.15) is 0 Å². The minimum Gasteiger partial charge on any atom is -0.481 e. The number of amides is 1. The van der Waals surface area contributed by atoms with E-state index in [2.05, 4.69) is 5.32 Å². The Morgan fingerprint density at radius 3 is 2.39 bits per heavy atom. The van der Waals surface area contributed by atoms with Crippen LogP contribution in [0.15, 0.2) is 24.3 Å². The first kappa shape index (κ1) is 12.6. The fourth-order valence-electron chi connectivity index (χ4n) is 2.42. The number of nitrogens with one attached hydrogen (secondary N) is 1. The average molecular weight is 247 g/mol. The summed E-state index contributed by atoms with van der Waals surface area (Å²) in [5.74, 6) is -0.990. The van der Waals surface area contributed by atoms with Crippen LogP contribution in [0.5, 0.6) is 0 Å². The van der Waals surface area contributed by atoms with E-state index in [1.165, 1.54) is 11.1 Å². The zero-order valence-electron chi connectivity index (χ0n) is 10.3. The Morgan fingerprint density at radius 2 is 1.89 bits per heavy atom. The number of carboxylic acids is 1. The normalized spacial score (nSPS) is 16.1. The highest BCUT2D eigenvalue weighted by Gasteiger charge is 2.27. The van der Waals surface area contributed by atoms with Crippen molar-refractivity contribution in [3.8, 4) is 0 Å². The van der Waals surface area contributed by atoms with Crippen LogP contribution in [0.4, 0.5) is 0 Å². The lowest BCUT2D eigenvalue weighted by Gasteiger charge is -2.15. The lowest BCUT2D eigenvalue weighted by atomic mass is 10.0. The Bertz CT molecular complexity index is 445. The highest BCUT2D eigenvalue weighted by atomic mass is 16.4. The van der Waals surface area contributed by atoms with Gasteiger partial charge in [-0.1, -0.05) is 24.3 Å². The SMILES string of the molecule is CC(CC(=O)O)NC(=O)C1Cc2ccccc2C1. The topological polar surface area (TPSA) is 66.4 Å². The molecule has 0 heterocycles. The minimum absolute atomic E-state index is 0.0363. The summed E-state index contributed by atoms with van der Waals surface area (Å²) in [7, 11) is 0. The number of aliphatic carboxylic acids is 1. The molecule has 1 unspecified atom stereocenters. The first-order valence-corrected chi connectivity index (χ1v) is 6.15. The molecule has 0 saturated heterocycles. The van der Waals surface area contributed by atoms with Crippen LogP contribution in [0.2, 0.25) is 0 Å². The molecule has 0 bridgehead atoms. The van der Waals surface area contributed by atoms with Gasteiger partial charge in [0.25, 0.3) is 0 Å². The van der Waals surface area contributed by atoms with Gasteiger partial charge in [0, 0.05) is 12.0 Å². The molecule has 1 aliphatic rings. The van der Waals surface area contributed by atoms with E-state index >= 15 is 0 Å². The predicted molar refractivity (Wildman–Crippen MR) is 67.2 cm³/mol. The van der Waals surface area contributed by atoms with Gasteiger partial charge in [0.15, 0.2) is 0 Å². The third-order valence-corrected chi connectivity index (χ3v) is 3.29. The first-order valence-electron chi connectivity index (χ1n) is 6.15. The predicted octanol–water partition coefficient (Wildman–Crippen LogP) is 1.38. The van der Waals surface area contributed by atoms with E-state index in [0.29, 0.717) is 0 Å². The van der Waals surface area contributed by atoms with Crippen LogP contribution in [0.1, 0.15) is 24.5 Å². The maximum atomic E-state index is 12.0. The Morgan fingerprint density at radius 1 is 1.33 bits per heavy atom. The molecule has 2 rings (SSSR count). The van der Waals surface area contributed by atoms with Crippen LogP contribution in [0.25, 0.3) is 0 Å². The Labute approximate surface area is 106 Å². The summed E-state index contributed by atoms with van der Waals surface area (Å²) in [6, 6.07) is 7.73. The zero-order valence-corrected chi connectivity index (χ0v) is 10.3. The molecule has 0 saturated carbocycles. The summed E-state index contributed by atoms with van der Waals surface area (Å²) in [5, 5.41) is 11.4. The van der Waals surface area contributed by atoms with Crippen LogP contribution >= 0.6 is 0 Å². The summed E-state index contributed by atoms with van der Waals surface area (Å²) in [4.78, 5) is 22.5. The molecule has 1 aliphatic carbocycles. The standard InChI is InChI=1S/C14H17NO3/c1-9(6-13(16)17)15-14(18)12-7-10-4-2-3-5-11(10)8-12/h2-5,9,12H,6-8H2,1H3,(H,15,18)(H,16,17). The van der Waals surface area contributed by atoms with Crippen LogP contribution in [0, 0.1) is 5.92 Å². The smallest absolute Gasteiger partial charge is 0.305 e. The Kier molecular flexibility index (Phi) is 3.65. The number of carbonyl (C=O) groups excluding carboxylic acids is 1. The number of carboxylic acid groups (broad SMARTS) is 1. The van der Waals surface area contributed by atoms with Crippen molar-refractivity contribution in [1.82, 2.24) is 5.32 Å². The first-order chi connectivity index (χ1) is 8.56. The molecule has 1 aromatic rings. The fraction of sp³-hybridized carbons (Fsp3) is 0.429. The van der Waals surface area contributed by atoms with Gasteiger partial charge in [-0.2, -0.15) is 0 Å². The van der Waals surface area contributed by atoms with Crippen molar-refractivity contribution in [3.05, 3.63) is 35.4 Å².